The highest BCUT2D eigenvalue weighted by molar-refractivity contribution is 5.94. The van der Waals surface area contributed by atoms with Crippen molar-refractivity contribution < 1.29 is 13.9 Å². The molecule has 1 amide bonds. The van der Waals surface area contributed by atoms with Gasteiger partial charge in [-0.05, 0) is 30.2 Å². The average molecular weight is 316 g/mol. The van der Waals surface area contributed by atoms with Crippen molar-refractivity contribution in [2.75, 3.05) is 7.11 Å². The molecule has 2 aromatic rings. The summed E-state index contributed by atoms with van der Waals surface area (Å²) in [6, 6.07) is 10.1. The van der Waals surface area contributed by atoms with Gasteiger partial charge in [-0.3, -0.25) is 4.79 Å². The number of carbonyl (C=O) groups is 1. The van der Waals surface area contributed by atoms with E-state index in [-0.39, 0.29) is 17.5 Å². The molecule has 0 aliphatic rings. The van der Waals surface area contributed by atoms with E-state index in [4.69, 9.17) is 4.74 Å². The molecule has 0 aliphatic carbocycles. The number of amides is 1. The van der Waals surface area contributed by atoms with Gasteiger partial charge < -0.3 is 10.1 Å². The minimum Gasteiger partial charge on any atom is -0.497 e. The van der Waals surface area contributed by atoms with Gasteiger partial charge in [0.2, 0.25) is 5.95 Å². The number of halogens is 1. The Bertz CT molecular complexity index is 644. The Morgan fingerprint density at radius 3 is 2.65 bits per heavy atom. The van der Waals surface area contributed by atoms with Crippen LogP contribution >= 0.6 is 0 Å². The number of nitrogens with zero attached hydrogens (tertiary/aromatic N) is 1. The molecule has 4 nitrogen and oxygen atoms in total. The molecule has 0 aliphatic heterocycles. The minimum atomic E-state index is -0.660. The number of nitrogens with one attached hydrogen (secondary N) is 1. The van der Waals surface area contributed by atoms with Crippen molar-refractivity contribution in [1.82, 2.24) is 10.3 Å². The molecule has 1 unspecified atom stereocenters. The van der Waals surface area contributed by atoms with E-state index < -0.39 is 5.95 Å². The molecule has 0 fully saturated rings. The molecule has 122 valence electrons. The van der Waals surface area contributed by atoms with E-state index in [0.29, 0.717) is 0 Å². The van der Waals surface area contributed by atoms with E-state index in [1.165, 1.54) is 12.3 Å². The Kier molecular flexibility index (Phi) is 6.09. The lowest BCUT2D eigenvalue weighted by Crippen LogP contribution is -2.28. The van der Waals surface area contributed by atoms with Crippen LogP contribution in [-0.2, 0) is 0 Å². The van der Waals surface area contributed by atoms with E-state index in [2.05, 4.69) is 17.2 Å². The first-order chi connectivity index (χ1) is 11.1. The molecule has 1 aromatic carbocycles. The van der Waals surface area contributed by atoms with Gasteiger partial charge in [-0.25, -0.2) is 4.98 Å². The summed E-state index contributed by atoms with van der Waals surface area (Å²) in [5, 5.41) is 2.97. The minimum absolute atomic E-state index is 0.121. The number of pyridine rings is 1. The molecule has 0 bridgehead atoms. The first-order valence-corrected chi connectivity index (χ1v) is 7.70. The number of carbonyl (C=O) groups excluding carboxylic acids is 1. The van der Waals surface area contributed by atoms with Gasteiger partial charge in [-0.2, -0.15) is 4.39 Å². The second kappa shape index (κ2) is 8.27. The third-order valence-corrected chi connectivity index (χ3v) is 3.66. The fourth-order valence-electron chi connectivity index (χ4n) is 2.35. The van der Waals surface area contributed by atoms with Crippen LogP contribution in [0.5, 0.6) is 5.75 Å². The number of ether oxygens (including phenoxy) is 1. The maximum Gasteiger partial charge on any atom is 0.251 e. The number of rotatable bonds is 7. The van der Waals surface area contributed by atoms with Crippen LogP contribution in [-0.4, -0.2) is 18.0 Å². The van der Waals surface area contributed by atoms with Gasteiger partial charge >= 0.3 is 0 Å². The van der Waals surface area contributed by atoms with Crippen molar-refractivity contribution in [1.29, 1.82) is 0 Å². The zero-order valence-corrected chi connectivity index (χ0v) is 13.4. The van der Waals surface area contributed by atoms with E-state index in [9.17, 15) is 9.18 Å². The van der Waals surface area contributed by atoms with Crippen LogP contribution in [0.2, 0.25) is 0 Å². The third-order valence-electron chi connectivity index (χ3n) is 3.66. The SMILES string of the molecule is CCCCC(NC(=O)c1ccnc(F)c1)c1ccc(OC)cc1. The monoisotopic (exact) mass is 316 g/mol. The number of hydrogen-bond donors (Lipinski definition) is 1. The van der Waals surface area contributed by atoms with Gasteiger partial charge in [-0.1, -0.05) is 31.9 Å². The van der Waals surface area contributed by atoms with Gasteiger partial charge in [0.05, 0.1) is 13.2 Å². The van der Waals surface area contributed by atoms with Crippen molar-refractivity contribution >= 4 is 5.91 Å². The van der Waals surface area contributed by atoms with Crippen molar-refractivity contribution in [3.63, 3.8) is 0 Å². The first-order valence-electron chi connectivity index (χ1n) is 7.70. The Balaban J connectivity index is 2.15. The molecule has 1 atom stereocenters. The number of methoxy groups -OCH3 is 1. The maximum atomic E-state index is 13.2. The van der Waals surface area contributed by atoms with Crippen LogP contribution in [0.4, 0.5) is 4.39 Å². The molecular weight excluding hydrogens is 295 g/mol. The smallest absolute Gasteiger partial charge is 0.251 e. The normalized spacial score (nSPS) is 11.8. The summed E-state index contributed by atoms with van der Waals surface area (Å²) >= 11 is 0. The summed E-state index contributed by atoms with van der Waals surface area (Å²) < 4.78 is 18.3. The maximum absolute atomic E-state index is 13.2. The van der Waals surface area contributed by atoms with Gasteiger partial charge in [0.1, 0.15) is 5.75 Å². The molecule has 0 saturated heterocycles. The number of benzene rings is 1. The lowest BCUT2D eigenvalue weighted by atomic mass is 10.0. The molecule has 1 aromatic heterocycles. The van der Waals surface area contributed by atoms with Gasteiger partial charge in [0.25, 0.3) is 5.91 Å². The van der Waals surface area contributed by atoms with Crippen LogP contribution in [0.3, 0.4) is 0 Å². The molecule has 0 spiro atoms. The van der Waals surface area contributed by atoms with Crippen LogP contribution in [0.15, 0.2) is 42.6 Å². The zero-order valence-electron chi connectivity index (χ0n) is 13.4. The van der Waals surface area contributed by atoms with Crippen molar-refractivity contribution in [2.24, 2.45) is 0 Å². The highest BCUT2D eigenvalue weighted by Crippen LogP contribution is 2.22. The standard InChI is InChI=1S/C18H21FN2O2/c1-3-4-5-16(13-6-8-15(23-2)9-7-13)21-18(22)14-10-11-20-17(19)12-14/h6-12,16H,3-5H2,1-2H3,(H,21,22). The number of unbranched alkanes of at least 4 members (excludes halogenated alkanes) is 1. The number of hydrogen-bond acceptors (Lipinski definition) is 3. The number of aromatic nitrogens is 1. The van der Waals surface area contributed by atoms with Crippen LogP contribution in [0.1, 0.15) is 48.1 Å². The summed E-state index contributed by atoms with van der Waals surface area (Å²) in [6.45, 7) is 2.10. The molecule has 0 radical (unpaired) electrons. The second-order valence-corrected chi connectivity index (χ2v) is 5.31. The fourth-order valence-corrected chi connectivity index (χ4v) is 2.35. The van der Waals surface area contributed by atoms with E-state index in [1.807, 2.05) is 24.3 Å². The Hall–Kier alpha value is -2.43. The molecule has 5 heteroatoms. The zero-order chi connectivity index (χ0) is 16.7. The summed E-state index contributed by atoms with van der Waals surface area (Å²) in [7, 11) is 1.61. The van der Waals surface area contributed by atoms with Gasteiger partial charge in [-0.15, -0.1) is 0 Å². The summed E-state index contributed by atoms with van der Waals surface area (Å²) in [4.78, 5) is 15.8. The topological polar surface area (TPSA) is 51.2 Å². The molecule has 1 heterocycles. The van der Waals surface area contributed by atoms with Crippen molar-refractivity contribution in [2.45, 2.75) is 32.2 Å². The average Bonchev–Trinajstić information content (AvgIpc) is 2.58. The predicted octanol–water partition coefficient (Wildman–Crippen LogP) is 3.89. The van der Waals surface area contributed by atoms with Gasteiger partial charge in [0, 0.05) is 17.8 Å². The highest BCUT2D eigenvalue weighted by atomic mass is 19.1. The van der Waals surface area contributed by atoms with E-state index in [0.717, 1.165) is 36.6 Å². The first kappa shape index (κ1) is 16.9. The fraction of sp³-hybridized carbons (Fsp3) is 0.333. The quantitative estimate of drug-likeness (QED) is 0.788. The third kappa shape index (κ3) is 4.77. The Labute approximate surface area is 135 Å². The highest BCUT2D eigenvalue weighted by Gasteiger charge is 2.16. The Morgan fingerprint density at radius 1 is 1.30 bits per heavy atom. The van der Waals surface area contributed by atoms with Gasteiger partial charge in [0.15, 0.2) is 0 Å². The van der Waals surface area contributed by atoms with Crippen molar-refractivity contribution in [3.05, 3.63) is 59.7 Å². The lowest BCUT2D eigenvalue weighted by molar-refractivity contribution is 0.0933. The summed E-state index contributed by atoms with van der Waals surface area (Å²) in [5.74, 6) is -0.194. The second-order valence-electron chi connectivity index (χ2n) is 5.31. The van der Waals surface area contributed by atoms with E-state index >= 15 is 0 Å². The van der Waals surface area contributed by atoms with Crippen molar-refractivity contribution in [3.8, 4) is 5.75 Å². The molecule has 23 heavy (non-hydrogen) atoms. The summed E-state index contributed by atoms with van der Waals surface area (Å²) in [6.07, 6.45) is 4.13. The van der Waals surface area contributed by atoms with Crippen LogP contribution < -0.4 is 10.1 Å². The molecule has 0 saturated carbocycles. The largest absolute Gasteiger partial charge is 0.497 e. The molecule has 2 rings (SSSR count). The summed E-state index contributed by atoms with van der Waals surface area (Å²) in [5.41, 5.74) is 1.27. The predicted molar refractivity (Wildman–Crippen MR) is 86.9 cm³/mol. The Morgan fingerprint density at radius 2 is 2.04 bits per heavy atom. The molecular formula is C18H21FN2O2. The lowest BCUT2D eigenvalue weighted by Gasteiger charge is -2.19. The van der Waals surface area contributed by atoms with Crippen LogP contribution in [0, 0.1) is 5.95 Å². The van der Waals surface area contributed by atoms with E-state index in [1.54, 1.807) is 7.11 Å². The van der Waals surface area contributed by atoms with Crippen LogP contribution in [0.25, 0.3) is 0 Å². The molecule has 1 N–H and O–H groups in total.